The van der Waals surface area contributed by atoms with E-state index in [2.05, 4.69) is 6.58 Å². The van der Waals surface area contributed by atoms with Crippen LogP contribution in [0, 0.1) is 0 Å². The molecule has 0 aliphatic rings. The average molecular weight is 262 g/mol. The molecule has 0 bridgehead atoms. The van der Waals surface area contributed by atoms with Crippen LogP contribution in [0.15, 0.2) is 24.3 Å². The normalized spacial score (nSPS) is 10.0. The number of carboxylic acids is 2. The molecule has 0 saturated carbocycles. The highest BCUT2D eigenvalue weighted by Crippen LogP contribution is 2.23. The fourth-order valence-electron chi connectivity index (χ4n) is 1.88. The van der Waals surface area contributed by atoms with Gasteiger partial charge >= 0.3 is 11.9 Å². The van der Waals surface area contributed by atoms with Crippen LogP contribution in [-0.2, 0) is 6.42 Å². The molecule has 0 unspecified atom stereocenters. The quantitative estimate of drug-likeness (QED) is 0.628. The van der Waals surface area contributed by atoms with Crippen molar-refractivity contribution in [2.45, 2.75) is 20.3 Å². The van der Waals surface area contributed by atoms with Crippen molar-refractivity contribution in [3.05, 3.63) is 46.5 Å². The minimum atomic E-state index is -1.36. The van der Waals surface area contributed by atoms with E-state index in [4.69, 9.17) is 5.11 Å². The first-order valence-electron chi connectivity index (χ1n) is 5.63. The topological polar surface area (TPSA) is 91.7 Å². The zero-order valence-electron chi connectivity index (χ0n) is 10.7. The lowest BCUT2D eigenvalue weighted by Crippen LogP contribution is -2.15. The molecule has 0 amide bonds. The molecule has 0 aliphatic heterocycles. The molecule has 0 spiro atoms. The maximum Gasteiger partial charge on any atom is 0.336 e. The summed E-state index contributed by atoms with van der Waals surface area (Å²) in [5.41, 5.74) is 0.0385. The number of hydrogen-bond donors (Lipinski definition) is 2. The van der Waals surface area contributed by atoms with Gasteiger partial charge in [0.1, 0.15) is 0 Å². The van der Waals surface area contributed by atoms with Crippen molar-refractivity contribution >= 4 is 17.7 Å². The summed E-state index contributed by atoms with van der Waals surface area (Å²) < 4.78 is 0. The van der Waals surface area contributed by atoms with Crippen LogP contribution < -0.4 is 0 Å². The van der Waals surface area contributed by atoms with Gasteiger partial charge in [-0.25, -0.2) is 9.59 Å². The molecule has 0 radical (unpaired) electrons. The molecule has 5 nitrogen and oxygen atoms in total. The monoisotopic (exact) mass is 262 g/mol. The van der Waals surface area contributed by atoms with Crippen LogP contribution in [0.4, 0.5) is 0 Å². The Hall–Kier alpha value is -2.43. The molecule has 100 valence electrons. The number of carboxylic acid groups (broad SMARTS) is 2. The smallest absolute Gasteiger partial charge is 0.336 e. The summed E-state index contributed by atoms with van der Waals surface area (Å²) in [6.45, 7) is 6.72. The zero-order valence-corrected chi connectivity index (χ0v) is 10.7. The SMILES string of the molecule is C=C(C)C(=O)c1ccc(C(=O)O)c(C(=O)O)c1CC. The van der Waals surface area contributed by atoms with E-state index in [1.807, 2.05) is 0 Å². The van der Waals surface area contributed by atoms with Crippen LogP contribution in [0.2, 0.25) is 0 Å². The summed E-state index contributed by atoms with van der Waals surface area (Å²) in [7, 11) is 0. The highest BCUT2D eigenvalue weighted by Gasteiger charge is 2.24. The minimum absolute atomic E-state index is 0.192. The van der Waals surface area contributed by atoms with Crippen LogP contribution in [0.1, 0.15) is 50.5 Å². The number of ketones is 1. The second-order valence-corrected chi connectivity index (χ2v) is 4.09. The highest BCUT2D eigenvalue weighted by atomic mass is 16.4. The Balaban J connectivity index is 3.68. The molecule has 0 atom stereocenters. The summed E-state index contributed by atoms with van der Waals surface area (Å²) in [5.74, 6) is -3.07. The van der Waals surface area contributed by atoms with Crippen molar-refractivity contribution in [1.82, 2.24) is 0 Å². The molecule has 0 aliphatic carbocycles. The Morgan fingerprint density at radius 1 is 1.11 bits per heavy atom. The molecule has 0 aromatic heterocycles. The lowest BCUT2D eigenvalue weighted by Gasteiger charge is -2.12. The van der Waals surface area contributed by atoms with E-state index in [-0.39, 0.29) is 40.0 Å². The van der Waals surface area contributed by atoms with Gasteiger partial charge in [-0.2, -0.15) is 0 Å². The van der Waals surface area contributed by atoms with Gasteiger partial charge in [-0.05, 0) is 36.6 Å². The first kappa shape index (κ1) is 14.6. The molecule has 5 heteroatoms. The molecule has 0 saturated heterocycles. The van der Waals surface area contributed by atoms with E-state index in [1.165, 1.54) is 13.0 Å². The number of rotatable bonds is 5. The Morgan fingerprint density at radius 3 is 2.00 bits per heavy atom. The second kappa shape index (κ2) is 5.48. The standard InChI is InChI=1S/C14H14O5/c1-4-8-9(12(15)7(2)3)5-6-10(13(16)17)11(8)14(18)19/h5-6H,2,4H2,1,3H3,(H,16,17)(H,18,19). The maximum atomic E-state index is 11.9. The van der Waals surface area contributed by atoms with Crippen LogP contribution in [0.3, 0.4) is 0 Å². The summed E-state index contributed by atoms with van der Waals surface area (Å²) in [4.78, 5) is 34.2. The number of carbonyl (C=O) groups excluding carboxylic acids is 1. The first-order chi connectivity index (χ1) is 8.81. The Labute approximate surface area is 110 Å². The number of Topliss-reactive ketones (excluding diaryl/α,β-unsaturated/α-hetero) is 1. The fourth-order valence-corrected chi connectivity index (χ4v) is 1.88. The van der Waals surface area contributed by atoms with Crippen molar-refractivity contribution in [1.29, 1.82) is 0 Å². The molecule has 1 aromatic carbocycles. The van der Waals surface area contributed by atoms with Gasteiger partial charge < -0.3 is 10.2 Å². The third-order valence-corrected chi connectivity index (χ3v) is 2.74. The van der Waals surface area contributed by atoms with Crippen molar-refractivity contribution < 1.29 is 24.6 Å². The van der Waals surface area contributed by atoms with Gasteiger partial charge in [-0.15, -0.1) is 0 Å². The Morgan fingerprint density at radius 2 is 1.63 bits per heavy atom. The van der Waals surface area contributed by atoms with E-state index < -0.39 is 11.9 Å². The van der Waals surface area contributed by atoms with Gasteiger partial charge in [0.15, 0.2) is 5.78 Å². The molecule has 19 heavy (non-hydrogen) atoms. The number of hydrogen-bond acceptors (Lipinski definition) is 3. The third-order valence-electron chi connectivity index (χ3n) is 2.74. The van der Waals surface area contributed by atoms with E-state index in [9.17, 15) is 19.5 Å². The van der Waals surface area contributed by atoms with Crippen molar-refractivity contribution in [2.75, 3.05) is 0 Å². The number of benzene rings is 1. The maximum absolute atomic E-state index is 11.9. The molecular formula is C14H14O5. The average Bonchev–Trinajstić information content (AvgIpc) is 2.35. The van der Waals surface area contributed by atoms with Crippen LogP contribution >= 0.6 is 0 Å². The van der Waals surface area contributed by atoms with Gasteiger partial charge in [0.25, 0.3) is 0 Å². The van der Waals surface area contributed by atoms with Gasteiger partial charge in [0, 0.05) is 5.56 Å². The molecule has 0 heterocycles. The molecule has 1 aromatic rings. The van der Waals surface area contributed by atoms with E-state index in [0.717, 1.165) is 6.07 Å². The molecular weight excluding hydrogens is 248 g/mol. The van der Waals surface area contributed by atoms with Crippen LogP contribution in [-0.4, -0.2) is 27.9 Å². The van der Waals surface area contributed by atoms with Gasteiger partial charge in [-0.1, -0.05) is 13.5 Å². The molecule has 0 fully saturated rings. The zero-order chi connectivity index (χ0) is 14.7. The number of aromatic carboxylic acids is 2. The largest absolute Gasteiger partial charge is 0.478 e. The van der Waals surface area contributed by atoms with Crippen LogP contribution in [0.25, 0.3) is 0 Å². The van der Waals surface area contributed by atoms with Crippen LogP contribution in [0.5, 0.6) is 0 Å². The Kier molecular flexibility index (Phi) is 4.22. The predicted molar refractivity (Wildman–Crippen MR) is 68.9 cm³/mol. The number of carbonyl (C=O) groups is 3. The Bertz CT molecular complexity index is 584. The predicted octanol–water partition coefficient (Wildman–Crippen LogP) is 2.40. The van der Waals surface area contributed by atoms with E-state index >= 15 is 0 Å². The summed E-state index contributed by atoms with van der Waals surface area (Å²) in [6, 6.07) is 2.48. The van der Waals surface area contributed by atoms with Gasteiger partial charge in [0.05, 0.1) is 11.1 Å². The minimum Gasteiger partial charge on any atom is -0.478 e. The van der Waals surface area contributed by atoms with Gasteiger partial charge in [-0.3, -0.25) is 4.79 Å². The molecule has 2 N–H and O–H groups in total. The van der Waals surface area contributed by atoms with Crippen molar-refractivity contribution in [2.24, 2.45) is 0 Å². The third kappa shape index (κ3) is 2.70. The number of allylic oxidation sites excluding steroid dienone is 1. The summed E-state index contributed by atoms with van der Waals surface area (Å²) in [5, 5.41) is 18.2. The van der Waals surface area contributed by atoms with Crippen molar-refractivity contribution in [3.8, 4) is 0 Å². The fraction of sp³-hybridized carbons (Fsp3) is 0.214. The summed E-state index contributed by atoms with van der Waals surface area (Å²) >= 11 is 0. The highest BCUT2D eigenvalue weighted by molar-refractivity contribution is 6.12. The lowest BCUT2D eigenvalue weighted by molar-refractivity contribution is 0.0650. The lowest BCUT2D eigenvalue weighted by atomic mass is 9.90. The summed E-state index contributed by atoms with van der Waals surface area (Å²) in [6.07, 6.45) is 0.247. The van der Waals surface area contributed by atoms with E-state index in [1.54, 1.807) is 6.92 Å². The molecule has 1 rings (SSSR count). The first-order valence-corrected chi connectivity index (χ1v) is 5.63. The van der Waals surface area contributed by atoms with Gasteiger partial charge in [0.2, 0.25) is 0 Å². The second-order valence-electron chi connectivity index (χ2n) is 4.09. The van der Waals surface area contributed by atoms with E-state index in [0.29, 0.717) is 0 Å². The van der Waals surface area contributed by atoms with Crippen molar-refractivity contribution in [3.63, 3.8) is 0 Å².